The molecule has 2 aliphatic heterocycles. The second-order valence-electron chi connectivity index (χ2n) is 12.1. The van der Waals surface area contributed by atoms with Crippen molar-refractivity contribution in [3.05, 3.63) is 74.2 Å². The zero-order chi connectivity index (χ0) is 31.8. The highest BCUT2D eigenvalue weighted by Gasteiger charge is 2.69. The van der Waals surface area contributed by atoms with E-state index in [1.807, 2.05) is 0 Å². The number of aromatic amines is 1. The van der Waals surface area contributed by atoms with E-state index in [4.69, 9.17) is 0 Å². The molecule has 1 saturated heterocycles. The zero-order valence-electron chi connectivity index (χ0n) is 24.5. The van der Waals surface area contributed by atoms with Gasteiger partial charge in [0.25, 0.3) is 0 Å². The van der Waals surface area contributed by atoms with Gasteiger partial charge in [-0.25, -0.2) is 0 Å². The van der Waals surface area contributed by atoms with Crippen molar-refractivity contribution < 1.29 is 27.6 Å². The highest BCUT2D eigenvalue weighted by atomic mass is 32.2. The maximum absolute atomic E-state index is 13.8. The molecular weight excluding hydrogens is 626 g/mol. The predicted octanol–water partition coefficient (Wildman–Crippen LogP) is 5.41. The van der Waals surface area contributed by atoms with E-state index in [1.54, 1.807) is 11.8 Å². The Morgan fingerprint density at radius 3 is 2.38 bits per heavy atom. The fourth-order valence-electron chi connectivity index (χ4n) is 8.21. The normalized spacial score (nSPS) is 28.2. The number of thioether (sulfide) groups is 1. The third-order valence-corrected chi connectivity index (χ3v) is 12.6. The molecule has 7 rings (SSSR count). The fraction of sp³-hybridized carbons (Fsp3) is 0.438. The van der Waals surface area contributed by atoms with Gasteiger partial charge in [-0.2, -0.15) is 13.2 Å². The van der Waals surface area contributed by atoms with Crippen molar-refractivity contribution in [3.8, 4) is 0 Å². The molecule has 3 heterocycles. The first kappa shape index (κ1) is 30.1. The molecule has 13 heteroatoms. The lowest BCUT2D eigenvalue weighted by Crippen LogP contribution is -2.42. The van der Waals surface area contributed by atoms with Gasteiger partial charge in [-0.1, -0.05) is 29.5 Å². The van der Waals surface area contributed by atoms with Crippen molar-refractivity contribution in [1.82, 2.24) is 9.88 Å². The number of nitrogens with one attached hydrogen (secondary N) is 2. The molecule has 3 aromatic rings. The number of rotatable bonds is 7. The van der Waals surface area contributed by atoms with Crippen molar-refractivity contribution in [2.75, 3.05) is 29.9 Å². The van der Waals surface area contributed by atoms with Gasteiger partial charge in [-0.3, -0.25) is 24.1 Å². The Kier molecular flexibility index (Phi) is 7.38. The first-order chi connectivity index (χ1) is 21.5. The quantitative estimate of drug-likeness (QED) is 0.330. The van der Waals surface area contributed by atoms with Crippen molar-refractivity contribution >= 4 is 52.2 Å². The number of hydrogen-bond donors (Lipinski definition) is 2. The number of carbonyl (C=O) groups is 3. The SMILES string of the molecule is CCN(CC)c1ccc([C@H]2c3sc(=O)[nH]c3SC3C4CC(C5C(=O)N(CC(=O)Nc6cccc(C(F)(F)F)c6)C(=O)C45)C32)cc1. The summed E-state index contributed by atoms with van der Waals surface area (Å²) in [6.07, 6.45) is -3.86. The number of aromatic nitrogens is 1. The van der Waals surface area contributed by atoms with Crippen LogP contribution in [0.15, 0.2) is 58.4 Å². The van der Waals surface area contributed by atoms with Gasteiger partial charge < -0.3 is 15.2 Å². The van der Waals surface area contributed by atoms with Crippen LogP contribution in [0.5, 0.6) is 0 Å². The summed E-state index contributed by atoms with van der Waals surface area (Å²) in [6.45, 7) is 5.41. The van der Waals surface area contributed by atoms with E-state index in [0.29, 0.717) is 6.42 Å². The summed E-state index contributed by atoms with van der Waals surface area (Å²) in [4.78, 5) is 60.0. The average molecular weight is 657 g/mol. The molecule has 1 aromatic heterocycles. The van der Waals surface area contributed by atoms with Crippen LogP contribution in [-0.4, -0.2) is 52.5 Å². The number of hydrogen-bond acceptors (Lipinski definition) is 7. The molecule has 3 amide bonds. The minimum Gasteiger partial charge on any atom is -0.372 e. The largest absolute Gasteiger partial charge is 0.416 e. The summed E-state index contributed by atoms with van der Waals surface area (Å²) < 4.78 is 39.4. The third kappa shape index (κ3) is 4.89. The average Bonchev–Trinajstić information content (AvgIpc) is 3.74. The van der Waals surface area contributed by atoms with E-state index in [-0.39, 0.29) is 39.5 Å². The zero-order valence-corrected chi connectivity index (χ0v) is 26.1. The minimum absolute atomic E-state index is 0.0112. The van der Waals surface area contributed by atoms with Gasteiger partial charge in [-0.05, 0) is 73.9 Å². The molecular formula is C32H31F3N4O4S2. The Morgan fingerprint density at radius 1 is 1.02 bits per heavy atom. The molecule has 3 fully saturated rings. The minimum atomic E-state index is -4.57. The molecule has 2 aliphatic carbocycles. The van der Waals surface area contributed by atoms with Crippen LogP contribution in [-0.2, 0) is 20.6 Å². The van der Waals surface area contributed by atoms with E-state index in [0.717, 1.165) is 51.3 Å². The van der Waals surface area contributed by atoms with Gasteiger partial charge >= 0.3 is 11.0 Å². The van der Waals surface area contributed by atoms with E-state index in [9.17, 15) is 32.3 Å². The van der Waals surface area contributed by atoms with E-state index in [2.05, 4.69) is 53.3 Å². The molecule has 236 valence electrons. The smallest absolute Gasteiger partial charge is 0.372 e. The highest BCUT2D eigenvalue weighted by molar-refractivity contribution is 8.00. The van der Waals surface area contributed by atoms with Crippen LogP contribution in [0.1, 0.15) is 42.2 Å². The van der Waals surface area contributed by atoms with Crippen LogP contribution >= 0.6 is 23.1 Å². The number of anilines is 2. The summed E-state index contributed by atoms with van der Waals surface area (Å²) in [6, 6.07) is 12.6. The number of nitrogens with zero attached hydrogens (tertiary/aromatic N) is 2. The van der Waals surface area contributed by atoms with Gasteiger partial charge in [-0.15, -0.1) is 11.8 Å². The number of imide groups is 1. The summed E-state index contributed by atoms with van der Waals surface area (Å²) >= 11 is 2.79. The number of fused-ring (bicyclic) bond motifs is 9. The van der Waals surface area contributed by atoms with Crippen molar-refractivity contribution in [3.63, 3.8) is 0 Å². The summed E-state index contributed by atoms with van der Waals surface area (Å²) in [5, 5.41) is 3.25. The third-order valence-electron chi connectivity index (χ3n) is 9.97. The van der Waals surface area contributed by atoms with Gasteiger partial charge in [0.2, 0.25) is 17.7 Å². The van der Waals surface area contributed by atoms with Crippen molar-refractivity contribution in [1.29, 1.82) is 0 Å². The van der Waals surface area contributed by atoms with Crippen molar-refractivity contribution in [2.45, 2.75) is 42.6 Å². The fourth-order valence-corrected chi connectivity index (χ4v) is 11.1. The molecule has 7 atom stereocenters. The highest BCUT2D eigenvalue weighted by Crippen LogP contribution is 2.68. The first-order valence-corrected chi connectivity index (χ1v) is 16.8. The van der Waals surface area contributed by atoms with Crippen LogP contribution in [0, 0.1) is 29.6 Å². The monoisotopic (exact) mass is 656 g/mol. The molecule has 0 radical (unpaired) electrons. The number of alkyl halides is 3. The van der Waals surface area contributed by atoms with Crippen LogP contribution in [0.3, 0.4) is 0 Å². The van der Waals surface area contributed by atoms with Crippen molar-refractivity contribution in [2.24, 2.45) is 29.6 Å². The molecule has 0 spiro atoms. The molecule has 4 aliphatic rings. The molecule has 6 unspecified atom stereocenters. The lowest BCUT2D eigenvalue weighted by molar-refractivity contribution is -0.143. The Morgan fingerprint density at radius 2 is 1.71 bits per heavy atom. The van der Waals surface area contributed by atoms with Gasteiger partial charge in [0.15, 0.2) is 0 Å². The molecule has 2 aromatic carbocycles. The second-order valence-corrected chi connectivity index (χ2v) is 14.3. The van der Waals surface area contributed by atoms with Gasteiger partial charge in [0.1, 0.15) is 6.54 Å². The molecule has 2 N–H and O–H groups in total. The molecule has 2 bridgehead atoms. The number of carbonyl (C=O) groups excluding carboxylic acids is 3. The number of benzene rings is 2. The van der Waals surface area contributed by atoms with Crippen LogP contribution in [0.25, 0.3) is 0 Å². The van der Waals surface area contributed by atoms with E-state index >= 15 is 0 Å². The summed E-state index contributed by atoms with van der Waals surface area (Å²) in [5.74, 6) is -2.96. The maximum Gasteiger partial charge on any atom is 0.416 e. The number of amides is 3. The summed E-state index contributed by atoms with van der Waals surface area (Å²) in [5.41, 5.74) is 1.20. The Bertz CT molecular complexity index is 1730. The second kappa shape index (κ2) is 11.0. The standard InChI is InChI=1S/C32H31F3N4O4S2/c1-3-38(4-2)18-10-8-15(9-11-18)22-23-19-13-20(26(23)44-28-27(22)45-31(43)37-28)25-24(19)29(41)39(30(25)42)14-21(40)36-17-7-5-6-16(12-17)32(33,34)35/h5-12,19-20,22-26H,3-4,13-14H2,1-2H3,(H,36,40)(H,37,43)/t19?,20?,22-,23?,24?,25?,26?/m1/s1. The Labute approximate surface area is 265 Å². The Hall–Kier alpha value is -3.58. The predicted molar refractivity (Wildman–Crippen MR) is 165 cm³/mol. The number of thiazole rings is 1. The number of halogens is 3. The lowest BCUT2D eigenvalue weighted by atomic mass is 9.68. The van der Waals surface area contributed by atoms with E-state index in [1.165, 1.54) is 23.5 Å². The topological polar surface area (TPSA) is 103 Å². The molecule has 2 saturated carbocycles. The maximum atomic E-state index is 13.8. The number of H-pyrrole nitrogens is 1. The Balaban J connectivity index is 1.15. The van der Waals surface area contributed by atoms with E-state index < -0.39 is 47.8 Å². The summed E-state index contributed by atoms with van der Waals surface area (Å²) in [7, 11) is 0. The van der Waals surface area contributed by atoms with Gasteiger partial charge in [0.05, 0.1) is 22.4 Å². The van der Waals surface area contributed by atoms with Crippen LogP contribution in [0.4, 0.5) is 24.5 Å². The van der Waals surface area contributed by atoms with Crippen LogP contribution < -0.4 is 15.1 Å². The number of likely N-dealkylation sites (tertiary alicyclic amines) is 1. The molecule has 45 heavy (non-hydrogen) atoms. The first-order valence-electron chi connectivity index (χ1n) is 15.1. The van der Waals surface area contributed by atoms with Gasteiger partial charge in [0, 0.05) is 40.5 Å². The lowest BCUT2D eigenvalue weighted by Gasteiger charge is -2.43. The molecule has 8 nitrogen and oxygen atoms in total. The van der Waals surface area contributed by atoms with Crippen LogP contribution in [0.2, 0.25) is 0 Å².